The summed E-state index contributed by atoms with van der Waals surface area (Å²) in [5.74, 6) is 0.611. The third kappa shape index (κ3) is 7.28. The molecule has 0 radical (unpaired) electrons. The first kappa shape index (κ1) is 21.8. The van der Waals surface area contributed by atoms with E-state index < -0.39 is 6.61 Å². The normalized spacial score (nSPS) is 11.2. The van der Waals surface area contributed by atoms with Gasteiger partial charge in [0.1, 0.15) is 5.75 Å². The molecule has 0 aliphatic heterocycles. The fourth-order valence-corrected chi connectivity index (χ4v) is 2.88. The van der Waals surface area contributed by atoms with Crippen molar-refractivity contribution in [3.63, 3.8) is 0 Å². The van der Waals surface area contributed by atoms with Crippen LogP contribution in [0.1, 0.15) is 15.4 Å². The Balaban J connectivity index is 0.00000312. The van der Waals surface area contributed by atoms with Crippen LogP contribution in [0.2, 0.25) is 5.02 Å². The highest BCUT2D eigenvalue weighted by molar-refractivity contribution is 14.0. The van der Waals surface area contributed by atoms with Crippen molar-refractivity contribution in [3.8, 4) is 5.75 Å². The lowest BCUT2D eigenvalue weighted by Gasteiger charge is -2.14. The average molecular weight is 503 g/mol. The molecule has 25 heavy (non-hydrogen) atoms. The van der Waals surface area contributed by atoms with Gasteiger partial charge in [-0.3, -0.25) is 4.99 Å². The van der Waals surface area contributed by atoms with Crippen LogP contribution < -0.4 is 15.4 Å². The van der Waals surface area contributed by atoms with Gasteiger partial charge in [-0.05, 0) is 25.1 Å². The van der Waals surface area contributed by atoms with Crippen molar-refractivity contribution in [3.05, 3.63) is 44.9 Å². The molecule has 1 aromatic carbocycles. The quantitative estimate of drug-likeness (QED) is 0.353. The highest BCUT2D eigenvalue weighted by Crippen LogP contribution is 2.24. The van der Waals surface area contributed by atoms with Gasteiger partial charge in [0.05, 0.1) is 11.6 Å². The van der Waals surface area contributed by atoms with Crippen LogP contribution in [0.25, 0.3) is 0 Å². The molecule has 2 N–H and O–H groups in total. The summed E-state index contributed by atoms with van der Waals surface area (Å²) in [6.45, 7) is -0.146. The second-order valence-electron chi connectivity index (χ2n) is 4.76. The number of rotatable bonds is 6. The Labute approximate surface area is 170 Å². The third-order valence-corrected chi connectivity index (χ3v) is 4.16. The number of nitrogens with one attached hydrogen (secondary N) is 2. The molecule has 10 heteroatoms. The van der Waals surface area contributed by atoms with E-state index in [0.717, 1.165) is 9.88 Å². The van der Waals surface area contributed by atoms with Crippen LogP contribution in [-0.2, 0) is 13.1 Å². The Morgan fingerprint density at radius 2 is 2.08 bits per heavy atom. The van der Waals surface area contributed by atoms with Gasteiger partial charge in [0.2, 0.25) is 0 Å². The first-order chi connectivity index (χ1) is 11.5. The highest BCUT2D eigenvalue weighted by Gasteiger charge is 2.11. The molecule has 0 aliphatic rings. The summed E-state index contributed by atoms with van der Waals surface area (Å²) in [7, 11) is 1.63. The summed E-state index contributed by atoms with van der Waals surface area (Å²) in [6.07, 6.45) is 1.80. The molecular weight excluding hydrogens is 485 g/mol. The van der Waals surface area contributed by atoms with Crippen LogP contribution in [0.5, 0.6) is 5.75 Å². The molecule has 0 amide bonds. The Hall–Kier alpha value is -1.20. The van der Waals surface area contributed by atoms with E-state index >= 15 is 0 Å². The van der Waals surface area contributed by atoms with Gasteiger partial charge in [0.15, 0.2) is 5.96 Å². The number of benzene rings is 1. The lowest BCUT2D eigenvalue weighted by atomic mass is 10.2. The number of hydrogen-bond donors (Lipinski definition) is 2. The van der Waals surface area contributed by atoms with E-state index in [0.29, 0.717) is 23.1 Å². The van der Waals surface area contributed by atoms with Gasteiger partial charge in [-0.1, -0.05) is 11.6 Å². The van der Waals surface area contributed by atoms with Gasteiger partial charge in [-0.25, -0.2) is 4.98 Å². The van der Waals surface area contributed by atoms with Gasteiger partial charge >= 0.3 is 6.61 Å². The van der Waals surface area contributed by atoms with Crippen molar-refractivity contribution in [2.24, 2.45) is 4.99 Å². The Kier molecular flexibility index (Phi) is 9.36. The number of guanidine groups is 1. The topological polar surface area (TPSA) is 58.5 Å². The van der Waals surface area contributed by atoms with Crippen LogP contribution in [-0.4, -0.2) is 24.6 Å². The molecule has 0 aliphatic carbocycles. The number of hydrogen-bond acceptors (Lipinski definition) is 4. The average Bonchev–Trinajstić information content (AvgIpc) is 2.95. The first-order valence-electron chi connectivity index (χ1n) is 7.07. The van der Waals surface area contributed by atoms with E-state index in [4.69, 9.17) is 11.6 Å². The van der Waals surface area contributed by atoms with Crippen molar-refractivity contribution in [1.29, 1.82) is 0 Å². The first-order valence-corrected chi connectivity index (χ1v) is 8.26. The minimum atomic E-state index is -2.89. The number of ether oxygens (including phenoxy) is 1. The van der Waals surface area contributed by atoms with E-state index in [1.165, 1.54) is 12.1 Å². The number of halogens is 4. The van der Waals surface area contributed by atoms with Crippen LogP contribution in [0, 0.1) is 6.92 Å². The van der Waals surface area contributed by atoms with E-state index in [1.807, 2.05) is 6.92 Å². The molecular formula is C15H18ClF2IN4OS. The minimum Gasteiger partial charge on any atom is -0.434 e. The maximum Gasteiger partial charge on any atom is 0.387 e. The number of alkyl halides is 2. The van der Waals surface area contributed by atoms with Crippen LogP contribution in [0.4, 0.5) is 8.78 Å². The summed E-state index contributed by atoms with van der Waals surface area (Å²) >= 11 is 7.51. The Morgan fingerprint density at radius 3 is 2.68 bits per heavy atom. The highest BCUT2D eigenvalue weighted by atomic mass is 127. The second-order valence-corrected chi connectivity index (χ2v) is 6.51. The smallest absolute Gasteiger partial charge is 0.387 e. The van der Waals surface area contributed by atoms with E-state index in [2.05, 4.69) is 25.3 Å². The van der Waals surface area contributed by atoms with Gasteiger partial charge in [-0.15, -0.1) is 35.3 Å². The van der Waals surface area contributed by atoms with Gasteiger partial charge in [0, 0.05) is 35.3 Å². The number of aromatic nitrogens is 1. The molecule has 0 bridgehead atoms. The molecule has 1 heterocycles. The minimum absolute atomic E-state index is 0. The lowest BCUT2D eigenvalue weighted by molar-refractivity contribution is -0.0504. The van der Waals surface area contributed by atoms with Crippen molar-refractivity contribution in [2.45, 2.75) is 26.6 Å². The standard InChI is InChI=1S/C15H17ClF2N4OS.HI/c1-9-20-7-12(24-9)8-22-15(19-2)21-6-10-5-11(16)3-4-13(10)23-14(17)18;/h3-5,7,14H,6,8H2,1-2H3,(H2,19,21,22);1H. The Bertz CT molecular complexity index is 715. The van der Waals surface area contributed by atoms with E-state index in [1.54, 1.807) is 30.6 Å². The molecule has 1 aromatic heterocycles. The van der Waals surface area contributed by atoms with Gasteiger partial charge in [-0.2, -0.15) is 8.78 Å². The largest absolute Gasteiger partial charge is 0.434 e. The summed E-state index contributed by atoms with van der Waals surface area (Å²) in [5.41, 5.74) is 0.513. The number of nitrogens with zero attached hydrogens (tertiary/aromatic N) is 2. The molecule has 0 saturated carbocycles. The zero-order valence-corrected chi connectivity index (χ0v) is 17.5. The summed E-state index contributed by atoms with van der Waals surface area (Å²) in [4.78, 5) is 9.34. The molecule has 0 fully saturated rings. The predicted octanol–water partition coefficient (Wildman–Crippen LogP) is 4.19. The molecule has 0 spiro atoms. The van der Waals surface area contributed by atoms with Crippen molar-refractivity contribution in [2.75, 3.05) is 7.05 Å². The SMILES string of the molecule is CN=C(NCc1cnc(C)s1)NCc1cc(Cl)ccc1OC(F)F.I. The van der Waals surface area contributed by atoms with Crippen LogP contribution in [0.3, 0.4) is 0 Å². The third-order valence-electron chi connectivity index (χ3n) is 3.01. The molecule has 0 saturated heterocycles. The summed E-state index contributed by atoms with van der Waals surface area (Å²) in [6, 6.07) is 4.50. The van der Waals surface area contributed by atoms with Crippen LogP contribution in [0.15, 0.2) is 29.4 Å². The Morgan fingerprint density at radius 1 is 1.36 bits per heavy atom. The molecule has 2 rings (SSSR count). The zero-order chi connectivity index (χ0) is 17.5. The zero-order valence-electron chi connectivity index (χ0n) is 13.6. The molecule has 0 unspecified atom stereocenters. The fraction of sp³-hybridized carbons (Fsp3) is 0.333. The van der Waals surface area contributed by atoms with Crippen LogP contribution >= 0.6 is 46.9 Å². The van der Waals surface area contributed by atoms with Gasteiger partial charge < -0.3 is 15.4 Å². The van der Waals surface area contributed by atoms with E-state index in [-0.39, 0.29) is 36.3 Å². The number of aliphatic imine (C=N–C) groups is 1. The number of thiazole rings is 1. The lowest BCUT2D eigenvalue weighted by Crippen LogP contribution is -2.36. The molecule has 138 valence electrons. The molecule has 2 aromatic rings. The van der Waals surface area contributed by atoms with E-state index in [9.17, 15) is 8.78 Å². The predicted molar refractivity (Wildman–Crippen MR) is 107 cm³/mol. The molecule has 0 atom stereocenters. The maximum absolute atomic E-state index is 12.5. The van der Waals surface area contributed by atoms with Crippen molar-refractivity contribution < 1.29 is 13.5 Å². The second kappa shape index (κ2) is 10.7. The monoisotopic (exact) mass is 502 g/mol. The number of aryl methyl sites for hydroxylation is 1. The van der Waals surface area contributed by atoms with Gasteiger partial charge in [0.25, 0.3) is 0 Å². The van der Waals surface area contributed by atoms with Crippen molar-refractivity contribution >= 4 is 52.9 Å². The summed E-state index contributed by atoms with van der Waals surface area (Å²) in [5, 5.41) is 7.60. The summed E-state index contributed by atoms with van der Waals surface area (Å²) < 4.78 is 29.4. The fourth-order valence-electron chi connectivity index (χ4n) is 1.95. The molecule has 5 nitrogen and oxygen atoms in total. The maximum atomic E-state index is 12.5. The van der Waals surface area contributed by atoms with Crippen molar-refractivity contribution in [1.82, 2.24) is 15.6 Å².